The summed E-state index contributed by atoms with van der Waals surface area (Å²) in [7, 11) is 0. The van der Waals surface area contributed by atoms with Crippen LogP contribution in [0.15, 0.2) is 17.5 Å². The molecule has 3 rings (SSSR count). The van der Waals surface area contributed by atoms with Gasteiger partial charge < -0.3 is 0 Å². The molecule has 0 aliphatic heterocycles. The van der Waals surface area contributed by atoms with Crippen molar-refractivity contribution in [2.45, 2.75) is 27.7 Å². The van der Waals surface area contributed by atoms with E-state index in [1.54, 1.807) is 22.7 Å². The lowest BCUT2D eigenvalue weighted by Crippen LogP contribution is -1.97. The van der Waals surface area contributed by atoms with Gasteiger partial charge in [-0.25, -0.2) is 0 Å². The molecule has 0 spiro atoms. The predicted molar refractivity (Wildman–Crippen MR) is 81.5 cm³/mol. The Morgan fingerprint density at radius 3 is 2.26 bits per heavy atom. The molecule has 98 valence electrons. The molecule has 0 saturated heterocycles. The van der Waals surface area contributed by atoms with Gasteiger partial charge in [0.15, 0.2) is 5.01 Å². The van der Waals surface area contributed by atoms with Crippen molar-refractivity contribution in [1.29, 1.82) is 0 Å². The number of aromatic nitrogens is 3. The third-order valence-corrected chi connectivity index (χ3v) is 5.20. The summed E-state index contributed by atoms with van der Waals surface area (Å²) >= 11 is 3.42. The summed E-state index contributed by atoms with van der Waals surface area (Å²) in [4.78, 5) is 1.31. The van der Waals surface area contributed by atoms with E-state index in [1.807, 2.05) is 0 Å². The number of nitrogens with zero attached hydrogens (tertiary/aromatic N) is 3. The number of thiophene rings is 1. The van der Waals surface area contributed by atoms with E-state index in [0.717, 1.165) is 10.1 Å². The molecule has 0 aliphatic rings. The van der Waals surface area contributed by atoms with Crippen LogP contribution in [-0.4, -0.2) is 14.8 Å². The van der Waals surface area contributed by atoms with Gasteiger partial charge in [-0.05, 0) is 50.8 Å². The third-order valence-electron chi connectivity index (χ3n) is 3.25. The Hall–Kier alpha value is -1.46. The largest absolute Gasteiger partial charge is 0.293 e. The lowest BCUT2D eigenvalue weighted by Gasteiger charge is -2.02. The highest BCUT2D eigenvalue weighted by Crippen LogP contribution is 2.35. The second-order valence-corrected chi connectivity index (χ2v) is 6.73. The van der Waals surface area contributed by atoms with Gasteiger partial charge in [-0.3, -0.25) is 4.57 Å². The average Bonchev–Trinajstić information content (AvgIpc) is 3.02. The first kappa shape index (κ1) is 12.6. The highest BCUT2D eigenvalue weighted by Gasteiger charge is 2.15. The van der Waals surface area contributed by atoms with E-state index in [4.69, 9.17) is 0 Å². The molecule has 0 aromatic carbocycles. The van der Waals surface area contributed by atoms with E-state index in [-0.39, 0.29) is 0 Å². The monoisotopic (exact) mass is 289 g/mol. The minimum atomic E-state index is 0.944. The van der Waals surface area contributed by atoms with E-state index in [9.17, 15) is 0 Å². The molecule has 0 unspecified atom stereocenters. The van der Waals surface area contributed by atoms with E-state index >= 15 is 0 Å². The Balaban J connectivity index is 2.10. The number of rotatable bonds is 2. The molecule has 0 aliphatic carbocycles. The molecule has 19 heavy (non-hydrogen) atoms. The maximum atomic E-state index is 4.37. The number of aryl methyl sites for hydroxylation is 4. The molecule has 0 saturated carbocycles. The Bertz CT molecular complexity index is 634. The van der Waals surface area contributed by atoms with Gasteiger partial charge in [-0.15, -0.1) is 21.5 Å². The van der Waals surface area contributed by atoms with Crippen LogP contribution in [0.5, 0.6) is 0 Å². The van der Waals surface area contributed by atoms with Crippen LogP contribution >= 0.6 is 22.7 Å². The minimum absolute atomic E-state index is 0.944. The quantitative estimate of drug-likeness (QED) is 0.704. The van der Waals surface area contributed by atoms with Crippen molar-refractivity contribution < 1.29 is 0 Å². The topological polar surface area (TPSA) is 30.7 Å². The maximum Gasteiger partial charge on any atom is 0.217 e. The van der Waals surface area contributed by atoms with Crippen molar-refractivity contribution in [1.82, 2.24) is 14.8 Å². The summed E-state index contributed by atoms with van der Waals surface area (Å²) < 4.78 is 2.15. The summed E-state index contributed by atoms with van der Waals surface area (Å²) in [6.07, 6.45) is 0. The van der Waals surface area contributed by atoms with Gasteiger partial charge in [-0.2, -0.15) is 0 Å². The standard InChI is InChI=1S/C14H15N3S2/c1-8-7-18-11(4)12(8)13-15-16-14(19-13)17-9(2)5-6-10(17)3/h5-7H,1-4H3. The molecule has 0 atom stereocenters. The third kappa shape index (κ3) is 2.03. The number of hydrogen-bond acceptors (Lipinski definition) is 4. The van der Waals surface area contributed by atoms with Crippen LogP contribution in [0.2, 0.25) is 0 Å². The molecule has 3 heterocycles. The molecule has 0 fully saturated rings. The summed E-state index contributed by atoms with van der Waals surface area (Å²) in [6, 6.07) is 4.22. The Labute approximate surface area is 120 Å². The van der Waals surface area contributed by atoms with Gasteiger partial charge in [0.2, 0.25) is 5.13 Å². The second-order valence-electron chi connectivity index (χ2n) is 4.69. The maximum absolute atomic E-state index is 4.37. The SMILES string of the molecule is Cc1csc(C)c1-c1nnc(-n2c(C)ccc2C)s1. The van der Waals surface area contributed by atoms with Gasteiger partial charge in [0.25, 0.3) is 0 Å². The molecule has 0 amide bonds. The zero-order valence-electron chi connectivity index (χ0n) is 11.4. The van der Waals surface area contributed by atoms with Crippen molar-refractivity contribution in [2.75, 3.05) is 0 Å². The van der Waals surface area contributed by atoms with Crippen LogP contribution in [0.25, 0.3) is 15.7 Å². The molecule has 3 nitrogen and oxygen atoms in total. The molecule has 0 bridgehead atoms. The lowest BCUT2D eigenvalue weighted by molar-refractivity contribution is 0.913. The fourth-order valence-electron chi connectivity index (χ4n) is 2.27. The highest BCUT2D eigenvalue weighted by molar-refractivity contribution is 7.17. The molecule has 0 N–H and O–H groups in total. The van der Waals surface area contributed by atoms with Crippen LogP contribution in [0, 0.1) is 27.7 Å². The van der Waals surface area contributed by atoms with Crippen LogP contribution < -0.4 is 0 Å². The van der Waals surface area contributed by atoms with Gasteiger partial charge in [0.1, 0.15) is 0 Å². The average molecular weight is 289 g/mol. The highest BCUT2D eigenvalue weighted by atomic mass is 32.1. The van der Waals surface area contributed by atoms with Gasteiger partial charge in [0.05, 0.1) is 0 Å². The van der Waals surface area contributed by atoms with Crippen LogP contribution in [-0.2, 0) is 0 Å². The van der Waals surface area contributed by atoms with Crippen LogP contribution in [0.3, 0.4) is 0 Å². The van der Waals surface area contributed by atoms with Gasteiger partial charge in [0, 0.05) is 21.8 Å². The Morgan fingerprint density at radius 2 is 1.68 bits per heavy atom. The molecule has 3 aromatic rings. The normalized spacial score (nSPS) is 11.2. The van der Waals surface area contributed by atoms with E-state index in [1.165, 1.54) is 27.4 Å². The summed E-state index contributed by atoms with van der Waals surface area (Å²) in [5.74, 6) is 0. The zero-order chi connectivity index (χ0) is 13.6. The molecule has 3 aromatic heterocycles. The zero-order valence-corrected chi connectivity index (χ0v) is 13.0. The van der Waals surface area contributed by atoms with Gasteiger partial charge >= 0.3 is 0 Å². The summed E-state index contributed by atoms with van der Waals surface area (Å²) in [5.41, 5.74) is 4.92. The van der Waals surface area contributed by atoms with Crippen molar-refractivity contribution in [3.8, 4) is 15.7 Å². The Kier molecular flexibility index (Phi) is 3.03. The van der Waals surface area contributed by atoms with Crippen LogP contribution in [0.4, 0.5) is 0 Å². The fourth-order valence-corrected chi connectivity index (χ4v) is 4.31. The van der Waals surface area contributed by atoms with E-state index in [2.05, 4.69) is 60.0 Å². The molecule has 5 heteroatoms. The molecular formula is C14H15N3S2. The van der Waals surface area contributed by atoms with Crippen molar-refractivity contribution in [3.63, 3.8) is 0 Å². The Morgan fingerprint density at radius 1 is 1.00 bits per heavy atom. The van der Waals surface area contributed by atoms with Crippen molar-refractivity contribution in [2.24, 2.45) is 0 Å². The first-order valence-electron chi connectivity index (χ1n) is 6.12. The van der Waals surface area contributed by atoms with E-state index < -0.39 is 0 Å². The first-order chi connectivity index (χ1) is 9.08. The smallest absolute Gasteiger partial charge is 0.217 e. The molecular weight excluding hydrogens is 274 g/mol. The predicted octanol–water partition coefficient (Wildman–Crippen LogP) is 4.29. The fraction of sp³-hybridized carbons (Fsp3) is 0.286. The van der Waals surface area contributed by atoms with E-state index in [0.29, 0.717) is 0 Å². The lowest BCUT2D eigenvalue weighted by atomic mass is 10.2. The first-order valence-corrected chi connectivity index (χ1v) is 7.81. The summed E-state index contributed by atoms with van der Waals surface area (Å²) in [5, 5.41) is 12.9. The van der Waals surface area contributed by atoms with Gasteiger partial charge in [-0.1, -0.05) is 11.3 Å². The van der Waals surface area contributed by atoms with Crippen LogP contribution in [0.1, 0.15) is 21.8 Å². The number of hydrogen-bond donors (Lipinski definition) is 0. The van der Waals surface area contributed by atoms with Crippen molar-refractivity contribution >= 4 is 22.7 Å². The summed E-state index contributed by atoms with van der Waals surface area (Å²) in [6.45, 7) is 8.45. The minimum Gasteiger partial charge on any atom is -0.293 e. The van der Waals surface area contributed by atoms with Crippen molar-refractivity contribution in [3.05, 3.63) is 39.3 Å². The second kappa shape index (κ2) is 4.58. The molecule has 0 radical (unpaired) electrons.